The fourth-order valence-electron chi connectivity index (χ4n) is 0.783. The van der Waals surface area contributed by atoms with Gasteiger partial charge in [0.15, 0.2) is 0 Å². The lowest BCUT2D eigenvalue weighted by atomic mass is 10.3. The maximum absolute atomic E-state index is 11.9. The van der Waals surface area contributed by atoms with Crippen molar-refractivity contribution in [3.8, 4) is 0 Å². The highest BCUT2D eigenvalue weighted by Crippen LogP contribution is 2.49. The van der Waals surface area contributed by atoms with Gasteiger partial charge in [0.1, 0.15) is 0 Å². The Morgan fingerprint density at radius 1 is 0.618 bits per heavy atom. The lowest BCUT2D eigenvalue weighted by Gasteiger charge is -2.25. The van der Waals surface area contributed by atoms with Gasteiger partial charge in [-0.05, 0) is 6.42 Å². The van der Waals surface area contributed by atoms with Crippen molar-refractivity contribution in [1.82, 2.24) is 0 Å². The van der Waals surface area contributed by atoms with Gasteiger partial charge in [0, 0.05) is 0 Å². The summed E-state index contributed by atoms with van der Waals surface area (Å²) in [6.07, 6.45) is -13.4. The van der Waals surface area contributed by atoms with Crippen LogP contribution in [0.2, 0.25) is 0 Å². The summed E-state index contributed by atoms with van der Waals surface area (Å²) in [5, 5.41) is 3.28. The SMILES string of the molecule is CCC(O)CO.O=S(=O)(O)C(F)(F)C(F)(F)C(F)(F)F.O=S(=O)(O)C(F)(F)C(F)(F)C(F)(F)F. The summed E-state index contributed by atoms with van der Waals surface area (Å²) in [7, 11) is -13.7. The van der Waals surface area contributed by atoms with E-state index in [2.05, 4.69) is 0 Å². The van der Waals surface area contributed by atoms with E-state index in [0.29, 0.717) is 6.42 Å². The molecule has 1 atom stereocenters. The average Bonchev–Trinajstić information content (AvgIpc) is 2.57. The van der Waals surface area contributed by atoms with E-state index >= 15 is 0 Å². The number of rotatable bonds is 6. The van der Waals surface area contributed by atoms with Crippen LogP contribution in [0.25, 0.3) is 0 Å². The van der Waals surface area contributed by atoms with Crippen LogP contribution >= 0.6 is 0 Å². The third kappa shape index (κ3) is 8.46. The van der Waals surface area contributed by atoms with Crippen LogP contribution in [0.4, 0.5) is 61.5 Å². The maximum Gasteiger partial charge on any atom is 0.461 e. The van der Waals surface area contributed by atoms with Crippen LogP contribution in [-0.4, -0.2) is 83.6 Å². The molecule has 34 heavy (non-hydrogen) atoms. The molecule has 0 rings (SSSR count). The lowest BCUT2D eigenvalue weighted by molar-refractivity contribution is -0.333. The first-order valence-corrected chi connectivity index (χ1v) is 10.1. The van der Waals surface area contributed by atoms with Gasteiger partial charge < -0.3 is 10.2 Å². The molecule has 0 spiro atoms. The Morgan fingerprint density at radius 2 is 0.824 bits per heavy atom. The van der Waals surface area contributed by atoms with E-state index in [1.54, 1.807) is 0 Å². The molecule has 210 valence electrons. The van der Waals surface area contributed by atoms with Gasteiger partial charge in [-0.2, -0.15) is 78.3 Å². The number of hydrogen-bond acceptors (Lipinski definition) is 6. The average molecular weight is 590 g/mol. The molecule has 24 heteroatoms. The number of aliphatic hydroxyl groups excluding tert-OH is 2. The van der Waals surface area contributed by atoms with Crippen LogP contribution < -0.4 is 0 Å². The molecule has 0 radical (unpaired) electrons. The predicted octanol–water partition coefficient (Wildman–Crippen LogP) is 3.08. The molecule has 0 bridgehead atoms. The molecule has 8 nitrogen and oxygen atoms in total. The number of alkyl halides is 14. The Labute approximate surface area is 179 Å². The zero-order chi connectivity index (χ0) is 29.0. The van der Waals surface area contributed by atoms with Crippen molar-refractivity contribution in [3.05, 3.63) is 0 Å². The summed E-state index contributed by atoms with van der Waals surface area (Å²) in [5.74, 6) is -13.7. The summed E-state index contributed by atoms with van der Waals surface area (Å²) in [6.45, 7) is 1.71. The zero-order valence-corrected chi connectivity index (χ0v) is 17.2. The first kappa shape index (κ1) is 37.3. The first-order valence-electron chi connectivity index (χ1n) is 7.18. The van der Waals surface area contributed by atoms with E-state index < -0.39 is 61.0 Å². The fourth-order valence-corrected chi connectivity index (χ4v) is 1.66. The second kappa shape index (κ2) is 11.2. The van der Waals surface area contributed by atoms with E-state index in [1.165, 1.54) is 0 Å². The highest BCUT2D eigenvalue weighted by Gasteiger charge is 2.79. The second-order valence-electron chi connectivity index (χ2n) is 5.37. The van der Waals surface area contributed by atoms with Crippen LogP contribution in [0.15, 0.2) is 0 Å². The molecule has 0 heterocycles. The quantitative estimate of drug-likeness (QED) is 0.273. The predicted molar refractivity (Wildman–Crippen MR) is 78.4 cm³/mol. The van der Waals surface area contributed by atoms with Crippen molar-refractivity contribution in [2.24, 2.45) is 0 Å². The molecule has 0 aliphatic rings. The van der Waals surface area contributed by atoms with Crippen LogP contribution in [0.1, 0.15) is 13.3 Å². The van der Waals surface area contributed by atoms with Crippen LogP contribution in [0, 0.1) is 0 Å². The molecular weight excluding hydrogens is 578 g/mol. The van der Waals surface area contributed by atoms with Crippen molar-refractivity contribution < 1.29 is 97.6 Å². The van der Waals surface area contributed by atoms with Crippen molar-refractivity contribution in [3.63, 3.8) is 0 Å². The Kier molecular flexibility index (Phi) is 12.3. The second-order valence-corrected chi connectivity index (χ2v) is 8.30. The van der Waals surface area contributed by atoms with Crippen LogP contribution in [0.3, 0.4) is 0 Å². The van der Waals surface area contributed by atoms with Crippen molar-refractivity contribution in [2.75, 3.05) is 6.61 Å². The van der Waals surface area contributed by atoms with Gasteiger partial charge >= 0.3 is 54.9 Å². The van der Waals surface area contributed by atoms with Gasteiger partial charge in [-0.25, -0.2) is 0 Å². The third-order valence-electron chi connectivity index (χ3n) is 2.77. The van der Waals surface area contributed by atoms with E-state index in [9.17, 15) is 78.3 Å². The monoisotopic (exact) mass is 590 g/mol. The third-order valence-corrected chi connectivity index (χ3v) is 4.58. The Balaban J connectivity index is -0.000000458. The van der Waals surface area contributed by atoms with Gasteiger partial charge in [0.2, 0.25) is 0 Å². The minimum absolute atomic E-state index is 0.115. The summed E-state index contributed by atoms with van der Waals surface area (Å²) < 4.78 is 216. The maximum atomic E-state index is 11.9. The minimum Gasteiger partial charge on any atom is -0.394 e. The molecule has 0 aromatic rings. The molecule has 4 N–H and O–H groups in total. The molecule has 0 saturated heterocycles. The first-order chi connectivity index (χ1) is 14.3. The Morgan fingerprint density at radius 3 is 0.853 bits per heavy atom. The molecule has 0 aliphatic heterocycles. The van der Waals surface area contributed by atoms with E-state index in [-0.39, 0.29) is 6.61 Å². The van der Waals surface area contributed by atoms with Gasteiger partial charge in [-0.15, -0.1) is 0 Å². The summed E-state index contributed by atoms with van der Waals surface area (Å²) in [6, 6.07) is 0. The summed E-state index contributed by atoms with van der Waals surface area (Å²) in [5.41, 5.74) is 0. The van der Waals surface area contributed by atoms with Crippen molar-refractivity contribution in [2.45, 2.75) is 54.2 Å². The lowest BCUT2D eigenvalue weighted by Crippen LogP contribution is -2.55. The highest BCUT2D eigenvalue weighted by molar-refractivity contribution is 7.87. The molecule has 0 fully saturated rings. The van der Waals surface area contributed by atoms with Gasteiger partial charge in [0.25, 0.3) is 0 Å². The van der Waals surface area contributed by atoms with E-state index in [4.69, 9.17) is 19.3 Å². The largest absolute Gasteiger partial charge is 0.461 e. The van der Waals surface area contributed by atoms with Crippen LogP contribution in [0.5, 0.6) is 0 Å². The van der Waals surface area contributed by atoms with Gasteiger partial charge in [0.05, 0.1) is 12.7 Å². The number of halogens is 14. The molecular formula is C10H12F14O8S2. The standard InChI is InChI=1S/C4H10O2.2C3HF7O3S/c1-2-4(6)3-5;2*4-1(5,2(6,7)8)3(9,10)14(11,12)13/h4-6H,2-3H2,1H3;2*(H,11,12,13). The van der Waals surface area contributed by atoms with Crippen molar-refractivity contribution >= 4 is 20.2 Å². The highest BCUT2D eigenvalue weighted by atomic mass is 32.2. The van der Waals surface area contributed by atoms with Crippen molar-refractivity contribution in [1.29, 1.82) is 0 Å². The fraction of sp³-hybridized carbons (Fsp3) is 1.00. The Hall–Kier alpha value is -1.24. The molecule has 0 amide bonds. The number of aliphatic hydroxyl groups is 2. The molecule has 0 aliphatic carbocycles. The smallest absolute Gasteiger partial charge is 0.394 e. The summed E-state index contributed by atoms with van der Waals surface area (Å²) in [4.78, 5) is 0. The van der Waals surface area contributed by atoms with Crippen LogP contribution in [-0.2, 0) is 20.2 Å². The van der Waals surface area contributed by atoms with Gasteiger partial charge in [-0.1, -0.05) is 6.92 Å². The summed E-state index contributed by atoms with van der Waals surface area (Å²) >= 11 is 0. The zero-order valence-electron chi connectivity index (χ0n) is 15.5. The molecule has 0 saturated carbocycles. The minimum atomic E-state index is -6.85. The number of hydrogen-bond donors (Lipinski definition) is 4. The van der Waals surface area contributed by atoms with E-state index in [0.717, 1.165) is 0 Å². The Bertz CT molecular complexity index is 777. The van der Waals surface area contributed by atoms with E-state index in [1.807, 2.05) is 6.92 Å². The normalized spacial score (nSPS) is 15.5. The topological polar surface area (TPSA) is 149 Å². The van der Waals surface area contributed by atoms with Gasteiger partial charge in [-0.3, -0.25) is 9.11 Å². The molecule has 1 unspecified atom stereocenters. The molecule has 0 aromatic carbocycles. The molecule has 0 aromatic heterocycles.